The van der Waals surface area contributed by atoms with Crippen molar-refractivity contribution in [1.29, 1.82) is 0 Å². The summed E-state index contributed by atoms with van der Waals surface area (Å²) in [5.41, 5.74) is 1.05. The average Bonchev–Trinajstić information content (AvgIpc) is 2.55. The molecular weight excluding hydrogens is 465 g/mol. The van der Waals surface area contributed by atoms with Crippen molar-refractivity contribution in [2.24, 2.45) is 0 Å². The first kappa shape index (κ1) is 18.8. The molecule has 4 nitrogen and oxygen atoms in total. The summed E-state index contributed by atoms with van der Waals surface area (Å²) in [6.45, 7) is -0.562. The van der Waals surface area contributed by atoms with E-state index in [9.17, 15) is 9.28 Å². The summed E-state index contributed by atoms with van der Waals surface area (Å²) in [7, 11) is 0. The maximum absolute atomic E-state index is 14.5. The molecule has 0 aliphatic rings. The van der Waals surface area contributed by atoms with Gasteiger partial charge in [0.1, 0.15) is 10.7 Å². The van der Waals surface area contributed by atoms with E-state index in [1.54, 1.807) is 30.3 Å². The van der Waals surface area contributed by atoms with Gasteiger partial charge in [-0.25, -0.2) is 4.79 Å². The molecule has 8 heteroatoms. The fraction of sp³-hybridized carbons (Fsp3) is 0.125. The largest absolute Gasteiger partial charge is 0.481 e. The number of halogens is 3. The Morgan fingerprint density at radius 3 is 2.42 bits per heavy atom. The van der Waals surface area contributed by atoms with E-state index in [2.05, 4.69) is 31.9 Å². The number of thiocarbonyl (C=S) groups is 1. The summed E-state index contributed by atoms with van der Waals surface area (Å²) in [5, 5.41) is 9.15. The van der Waals surface area contributed by atoms with Crippen LogP contribution in [0.5, 0.6) is 5.75 Å². The smallest absolute Gasteiger partial charge is 0.341 e. The molecule has 2 aromatic carbocycles. The molecule has 0 saturated heterocycles. The van der Waals surface area contributed by atoms with Gasteiger partial charge in [-0.3, -0.25) is 0 Å². The predicted molar refractivity (Wildman–Crippen MR) is 99.8 cm³/mol. The molecule has 0 atom stereocenters. The van der Waals surface area contributed by atoms with Crippen molar-refractivity contribution >= 4 is 55.0 Å². The lowest BCUT2D eigenvalue weighted by atomic mass is 10.2. The molecule has 0 bridgehead atoms. The van der Waals surface area contributed by atoms with Crippen LogP contribution in [0.4, 0.5) is 4.48 Å². The molecule has 0 unspecified atom stereocenters. The van der Waals surface area contributed by atoms with Crippen LogP contribution in [-0.4, -0.2) is 27.8 Å². The van der Waals surface area contributed by atoms with Crippen molar-refractivity contribution in [2.45, 2.75) is 6.54 Å². The number of hydrogen-bond donors (Lipinski definition) is 1. The Morgan fingerprint density at radius 1 is 1.17 bits per heavy atom. The molecular formula is C16H12Br2FNO3S. The number of carboxylic acid groups (broad SMARTS) is 1. The third-order valence-electron chi connectivity index (χ3n) is 2.98. The zero-order chi connectivity index (χ0) is 17.7. The Kier molecular flexibility index (Phi) is 6.70. The number of carbonyl (C=O) groups is 1. The van der Waals surface area contributed by atoms with Crippen molar-refractivity contribution in [3.8, 4) is 5.75 Å². The third kappa shape index (κ3) is 5.25. The van der Waals surface area contributed by atoms with E-state index >= 15 is 0 Å². The number of ether oxygens (including phenoxy) is 1. The first-order chi connectivity index (χ1) is 11.4. The number of rotatable bonds is 6. The standard InChI is InChI=1S/C16H12Br2FNO3S/c17-11-3-1-10(2-4-11)8-20(19)16(24)13-7-12(18)5-6-14(13)23-9-15(21)22/h1-7H,8-9H2,(H,21,22). The second-order valence-corrected chi connectivity index (χ2v) is 6.99. The van der Waals surface area contributed by atoms with Gasteiger partial charge in [-0.05, 0) is 35.9 Å². The van der Waals surface area contributed by atoms with Crippen LogP contribution in [-0.2, 0) is 11.3 Å². The monoisotopic (exact) mass is 475 g/mol. The molecule has 24 heavy (non-hydrogen) atoms. The highest BCUT2D eigenvalue weighted by atomic mass is 79.9. The van der Waals surface area contributed by atoms with E-state index in [-0.39, 0.29) is 17.3 Å². The summed E-state index contributed by atoms with van der Waals surface area (Å²) in [4.78, 5) is 10.6. The molecule has 0 aliphatic carbocycles. The number of nitrogens with zero attached hydrogens (tertiary/aromatic N) is 1. The Bertz CT molecular complexity index is 755. The summed E-state index contributed by atoms with van der Waals surface area (Å²) < 4.78 is 21.2. The zero-order valence-electron chi connectivity index (χ0n) is 12.2. The third-order valence-corrected chi connectivity index (χ3v) is 4.42. The lowest BCUT2D eigenvalue weighted by Gasteiger charge is -2.18. The van der Waals surface area contributed by atoms with Crippen LogP contribution in [0.25, 0.3) is 0 Å². The van der Waals surface area contributed by atoms with Gasteiger partial charge in [0.05, 0.1) is 12.1 Å². The minimum absolute atomic E-state index is 0.0308. The van der Waals surface area contributed by atoms with E-state index in [1.165, 1.54) is 0 Å². The fourth-order valence-electron chi connectivity index (χ4n) is 1.89. The second-order valence-electron chi connectivity index (χ2n) is 4.77. The second kappa shape index (κ2) is 8.55. The van der Waals surface area contributed by atoms with E-state index < -0.39 is 12.6 Å². The van der Waals surface area contributed by atoms with E-state index in [0.717, 1.165) is 10.0 Å². The summed E-state index contributed by atoms with van der Waals surface area (Å²) in [5.74, 6) is -0.911. The van der Waals surface area contributed by atoms with Crippen molar-refractivity contribution in [1.82, 2.24) is 5.12 Å². The number of benzene rings is 2. The highest BCUT2D eigenvalue weighted by Crippen LogP contribution is 2.26. The summed E-state index contributed by atoms with van der Waals surface area (Å²) >= 11 is 11.8. The predicted octanol–water partition coefficient (Wildman–Crippen LogP) is 4.74. The topological polar surface area (TPSA) is 49.8 Å². The van der Waals surface area contributed by atoms with E-state index in [0.29, 0.717) is 15.2 Å². The first-order valence-electron chi connectivity index (χ1n) is 6.73. The van der Waals surface area contributed by atoms with Gasteiger partial charge in [-0.1, -0.05) is 60.7 Å². The van der Waals surface area contributed by atoms with Gasteiger partial charge in [0, 0.05) is 8.95 Å². The molecule has 0 spiro atoms. The Balaban J connectivity index is 2.19. The number of hydrogen-bond acceptors (Lipinski definition) is 3. The van der Waals surface area contributed by atoms with E-state index in [4.69, 9.17) is 22.1 Å². The maximum atomic E-state index is 14.5. The van der Waals surface area contributed by atoms with E-state index in [1.807, 2.05) is 12.1 Å². The van der Waals surface area contributed by atoms with Crippen molar-refractivity contribution in [3.63, 3.8) is 0 Å². The number of aliphatic carboxylic acids is 1. The van der Waals surface area contributed by atoms with Crippen LogP contribution >= 0.6 is 44.1 Å². The van der Waals surface area contributed by atoms with Crippen LogP contribution in [0.3, 0.4) is 0 Å². The van der Waals surface area contributed by atoms with Gasteiger partial charge in [0.15, 0.2) is 6.61 Å². The minimum Gasteiger partial charge on any atom is -0.481 e. The van der Waals surface area contributed by atoms with Crippen LogP contribution in [0.1, 0.15) is 11.1 Å². The van der Waals surface area contributed by atoms with Gasteiger partial charge in [-0.2, -0.15) is 5.12 Å². The normalized spacial score (nSPS) is 10.3. The SMILES string of the molecule is O=C(O)COc1ccc(Br)cc1C(=S)N(F)Cc1ccc(Br)cc1. The molecule has 1 N–H and O–H groups in total. The van der Waals surface area contributed by atoms with Gasteiger partial charge in [-0.15, -0.1) is 0 Å². The van der Waals surface area contributed by atoms with Gasteiger partial charge < -0.3 is 9.84 Å². The summed E-state index contributed by atoms with van der Waals surface area (Å²) in [6.07, 6.45) is 0. The Labute approximate surface area is 160 Å². The highest BCUT2D eigenvalue weighted by Gasteiger charge is 2.17. The fourth-order valence-corrected chi connectivity index (χ4v) is 2.74. The van der Waals surface area contributed by atoms with Crippen LogP contribution in [0.2, 0.25) is 0 Å². The van der Waals surface area contributed by atoms with Crippen molar-refractivity contribution in [3.05, 3.63) is 62.5 Å². The number of carboxylic acids is 1. The average molecular weight is 477 g/mol. The molecule has 0 radical (unpaired) electrons. The van der Waals surface area contributed by atoms with Crippen molar-refractivity contribution in [2.75, 3.05) is 6.61 Å². The Morgan fingerprint density at radius 2 is 1.79 bits per heavy atom. The molecule has 0 aliphatic heterocycles. The first-order valence-corrected chi connectivity index (χ1v) is 8.72. The molecule has 0 aromatic heterocycles. The lowest BCUT2D eigenvalue weighted by molar-refractivity contribution is -0.139. The maximum Gasteiger partial charge on any atom is 0.341 e. The Hall–Kier alpha value is -1.51. The minimum atomic E-state index is -1.12. The van der Waals surface area contributed by atoms with Crippen LogP contribution < -0.4 is 4.74 Å². The molecule has 0 heterocycles. The highest BCUT2D eigenvalue weighted by molar-refractivity contribution is 9.10. The van der Waals surface area contributed by atoms with Crippen LogP contribution in [0, 0.1) is 0 Å². The van der Waals surface area contributed by atoms with Gasteiger partial charge in [0.2, 0.25) is 0 Å². The van der Waals surface area contributed by atoms with Crippen LogP contribution in [0.15, 0.2) is 51.4 Å². The van der Waals surface area contributed by atoms with Gasteiger partial charge in [0.25, 0.3) is 0 Å². The molecule has 0 saturated carbocycles. The quantitative estimate of drug-likeness (QED) is 0.482. The van der Waals surface area contributed by atoms with Crippen molar-refractivity contribution < 1.29 is 19.1 Å². The molecule has 2 aromatic rings. The zero-order valence-corrected chi connectivity index (χ0v) is 16.2. The van der Waals surface area contributed by atoms with Gasteiger partial charge >= 0.3 is 5.97 Å². The molecule has 2 rings (SSSR count). The summed E-state index contributed by atoms with van der Waals surface area (Å²) in [6, 6.07) is 12.0. The molecule has 126 valence electrons. The lowest BCUT2D eigenvalue weighted by Crippen LogP contribution is -2.22. The molecule has 0 fully saturated rings. The molecule has 0 amide bonds.